The molecule has 5 heteroatoms. The standard InChI is InChI=1S/C13H19N3OS/c1-11(8-13-4-2-7-18-13)14-9-12(17)10-16-6-3-5-15-16/h2-7,11-12,14,17H,8-10H2,1H3. The summed E-state index contributed by atoms with van der Waals surface area (Å²) < 4.78 is 1.75. The summed E-state index contributed by atoms with van der Waals surface area (Å²) in [6.45, 7) is 3.26. The van der Waals surface area contributed by atoms with Crippen molar-refractivity contribution >= 4 is 11.3 Å². The zero-order valence-corrected chi connectivity index (χ0v) is 11.3. The molecule has 18 heavy (non-hydrogen) atoms. The maximum absolute atomic E-state index is 9.88. The molecular formula is C13H19N3OS. The summed E-state index contributed by atoms with van der Waals surface area (Å²) >= 11 is 1.77. The topological polar surface area (TPSA) is 50.1 Å². The van der Waals surface area contributed by atoms with E-state index in [0.29, 0.717) is 19.1 Å². The molecule has 0 radical (unpaired) electrons. The van der Waals surface area contributed by atoms with E-state index in [2.05, 4.69) is 34.9 Å². The van der Waals surface area contributed by atoms with Crippen molar-refractivity contribution in [2.45, 2.75) is 32.0 Å². The van der Waals surface area contributed by atoms with Crippen molar-refractivity contribution in [3.63, 3.8) is 0 Å². The minimum atomic E-state index is -0.407. The van der Waals surface area contributed by atoms with Crippen LogP contribution in [0.1, 0.15) is 11.8 Å². The minimum absolute atomic E-state index is 0.371. The molecule has 0 aromatic carbocycles. The predicted molar refractivity (Wildman–Crippen MR) is 73.7 cm³/mol. The zero-order chi connectivity index (χ0) is 12.8. The molecule has 0 aliphatic rings. The molecule has 0 spiro atoms. The lowest BCUT2D eigenvalue weighted by Crippen LogP contribution is -2.36. The van der Waals surface area contributed by atoms with Crippen molar-refractivity contribution in [3.05, 3.63) is 40.8 Å². The van der Waals surface area contributed by atoms with E-state index in [0.717, 1.165) is 6.42 Å². The molecule has 98 valence electrons. The van der Waals surface area contributed by atoms with Crippen LogP contribution in [0.5, 0.6) is 0 Å². The molecule has 0 aliphatic heterocycles. The van der Waals surface area contributed by atoms with E-state index in [1.165, 1.54) is 4.88 Å². The van der Waals surface area contributed by atoms with Crippen LogP contribution in [0.2, 0.25) is 0 Å². The molecule has 0 saturated heterocycles. The highest BCUT2D eigenvalue weighted by Crippen LogP contribution is 2.10. The van der Waals surface area contributed by atoms with Crippen LogP contribution in [0.15, 0.2) is 36.0 Å². The third-order valence-electron chi connectivity index (χ3n) is 2.75. The van der Waals surface area contributed by atoms with Crippen molar-refractivity contribution < 1.29 is 5.11 Å². The number of hydrogen-bond donors (Lipinski definition) is 2. The molecule has 0 amide bonds. The molecule has 2 atom stereocenters. The fraction of sp³-hybridized carbons (Fsp3) is 0.462. The van der Waals surface area contributed by atoms with Gasteiger partial charge in [0.2, 0.25) is 0 Å². The first kappa shape index (κ1) is 13.3. The van der Waals surface area contributed by atoms with Crippen molar-refractivity contribution in [2.24, 2.45) is 0 Å². The third-order valence-corrected chi connectivity index (χ3v) is 3.65. The Bertz CT molecular complexity index is 385. The second-order valence-electron chi connectivity index (χ2n) is 4.47. The quantitative estimate of drug-likeness (QED) is 0.798. The van der Waals surface area contributed by atoms with Crippen LogP contribution in [-0.4, -0.2) is 33.6 Å². The van der Waals surface area contributed by atoms with Crippen molar-refractivity contribution in [2.75, 3.05) is 6.54 Å². The summed E-state index contributed by atoms with van der Waals surface area (Å²) in [4.78, 5) is 1.37. The van der Waals surface area contributed by atoms with E-state index >= 15 is 0 Å². The van der Waals surface area contributed by atoms with E-state index in [1.54, 1.807) is 22.2 Å². The van der Waals surface area contributed by atoms with Gasteiger partial charge in [-0.15, -0.1) is 11.3 Å². The fourth-order valence-corrected chi connectivity index (χ4v) is 2.66. The summed E-state index contributed by atoms with van der Waals surface area (Å²) in [7, 11) is 0. The highest BCUT2D eigenvalue weighted by molar-refractivity contribution is 7.09. The second-order valence-corrected chi connectivity index (χ2v) is 5.51. The maximum atomic E-state index is 9.88. The Morgan fingerprint density at radius 1 is 1.50 bits per heavy atom. The molecule has 0 aliphatic carbocycles. The first-order valence-electron chi connectivity index (χ1n) is 6.15. The van der Waals surface area contributed by atoms with E-state index in [9.17, 15) is 5.11 Å². The van der Waals surface area contributed by atoms with Gasteiger partial charge in [-0.1, -0.05) is 6.07 Å². The number of rotatable bonds is 7. The van der Waals surface area contributed by atoms with Gasteiger partial charge in [0.1, 0.15) is 0 Å². The predicted octanol–water partition coefficient (Wildman–Crippen LogP) is 1.53. The van der Waals surface area contributed by atoms with Crippen LogP contribution >= 0.6 is 11.3 Å². The Labute approximate surface area is 111 Å². The van der Waals surface area contributed by atoms with Crippen LogP contribution in [-0.2, 0) is 13.0 Å². The van der Waals surface area contributed by atoms with Crippen molar-refractivity contribution in [3.8, 4) is 0 Å². The molecule has 2 unspecified atom stereocenters. The zero-order valence-electron chi connectivity index (χ0n) is 10.5. The van der Waals surface area contributed by atoms with E-state index < -0.39 is 6.10 Å². The molecule has 0 saturated carbocycles. The van der Waals surface area contributed by atoms with Crippen LogP contribution < -0.4 is 5.32 Å². The van der Waals surface area contributed by atoms with Crippen LogP contribution in [0.4, 0.5) is 0 Å². The average Bonchev–Trinajstić information content (AvgIpc) is 2.99. The molecule has 2 heterocycles. The highest BCUT2D eigenvalue weighted by atomic mass is 32.1. The van der Waals surface area contributed by atoms with Crippen LogP contribution in [0.3, 0.4) is 0 Å². The maximum Gasteiger partial charge on any atom is 0.0860 e. The Morgan fingerprint density at radius 3 is 3.06 bits per heavy atom. The Hall–Kier alpha value is -1.17. The summed E-state index contributed by atoms with van der Waals surface area (Å²) in [5, 5.41) is 19.4. The van der Waals surface area contributed by atoms with Gasteiger partial charge in [-0.25, -0.2) is 0 Å². The van der Waals surface area contributed by atoms with Crippen molar-refractivity contribution in [1.29, 1.82) is 0 Å². The normalized spacial score (nSPS) is 14.6. The summed E-state index contributed by atoms with van der Waals surface area (Å²) in [5.41, 5.74) is 0. The Kier molecular flexibility index (Phi) is 4.92. The lowest BCUT2D eigenvalue weighted by atomic mass is 10.2. The summed E-state index contributed by atoms with van der Waals surface area (Å²) in [5.74, 6) is 0. The lowest BCUT2D eigenvalue weighted by molar-refractivity contribution is 0.143. The summed E-state index contributed by atoms with van der Waals surface area (Å²) in [6.07, 6.45) is 4.18. The number of aromatic nitrogens is 2. The average molecular weight is 265 g/mol. The van der Waals surface area contributed by atoms with Gasteiger partial charge in [0.05, 0.1) is 12.6 Å². The van der Waals surface area contributed by atoms with Gasteiger partial charge >= 0.3 is 0 Å². The molecule has 0 bridgehead atoms. The monoisotopic (exact) mass is 265 g/mol. The molecule has 4 nitrogen and oxygen atoms in total. The highest BCUT2D eigenvalue weighted by Gasteiger charge is 2.08. The minimum Gasteiger partial charge on any atom is -0.390 e. The first-order chi connectivity index (χ1) is 8.74. The fourth-order valence-electron chi connectivity index (χ4n) is 1.83. The van der Waals surface area contributed by atoms with Gasteiger partial charge in [0.15, 0.2) is 0 Å². The van der Waals surface area contributed by atoms with Gasteiger partial charge in [0.25, 0.3) is 0 Å². The lowest BCUT2D eigenvalue weighted by Gasteiger charge is -2.16. The van der Waals surface area contributed by atoms with Gasteiger partial charge < -0.3 is 10.4 Å². The molecule has 2 aromatic heterocycles. The number of aliphatic hydroxyl groups is 1. The number of nitrogens with zero attached hydrogens (tertiary/aromatic N) is 2. The molecular weight excluding hydrogens is 246 g/mol. The van der Waals surface area contributed by atoms with E-state index in [-0.39, 0.29) is 0 Å². The largest absolute Gasteiger partial charge is 0.390 e. The molecule has 0 fully saturated rings. The Balaban J connectivity index is 1.67. The first-order valence-corrected chi connectivity index (χ1v) is 7.03. The van der Waals surface area contributed by atoms with E-state index in [4.69, 9.17) is 0 Å². The van der Waals surface area contributed by atoms with Gasteiger partial charge in [-0.05, 0) is 30.9 Å². The number of thiophene rings is 1. The van der Waals surface area contributed by atoms with Gasteiger partial charge in [-0.3, -0.25) is 4.68 Å². The second kappa shape index (κ2) is 6.68. The SMILES string of the molecule is CC(Cc1cccs1)NCC(O)Cn1cccn1. The summed E-state index contributed by atoms with van der Waals surface area (Å²) in [6, 6.07) is 6.44. The molecule has 2 rings (SSSR count). The van der Waals surface area contributed by atoms with Crippen LogP contribution in [0.25, 0.3) is 0 Å². The number of nitrogens with one attached hydrogen (secondary N) is 1. The van der Waals surface area contributed by atoms with E-state index in [1.807, 2.05) is 12.3 Å². The van der Waals surface area contributed by atoms with Gasteiger partial charge in [-0.2, -0.15) is 5.10 Å². The number of aliphatic hydroxyl groups excluding tert-OH is 1. The smallest absolute Gasteiger partial charge is 0.0860 e. The van der Waals surface area contributed by atoms with Crippen molar-refractivity contribution in [1.82, 2.24) is 15.1 Å². The van der Waals surface area contributed by atoms with Crippen LogP contribution in [0, 0.1) is 0 Å². The molecule has 2 aromatic rings. The number of hydrogen-bond acceptors (Lipinski definition) is 4. The molecule has 2 N–H and O–H groups in total. The Morgan fingerprint density at radius 2 is 2.39 bits per heavy atom. The third kappa shape index (κ3) is 4.25. The van der Waals surface area contributed by atoms with Gasteiger partial charge in [0, 0.05) is 29.9 Å².